The summed E-state index contributed by atoms with van der Waals surface area (Å²) >= 11 is 0. The van der Waals surface area contributed by atoms with Crippen LogP contribution in [-0.2, 0) is 5.41 Å². The van der Waals surface area contributed by atoms with Gasteiger partial charge in [0.1, 0.15) is 0 Å². The molecule has 2 heteroatoms. The summed E-state index contributed by atoms with van der Waals surface area (Å²) in [7, 11) is 0. The Hall–Kier alpha value is -1.70. The lowest BCUT2D eigenvalue weighted by molar-refractivity contribution is 0.0994. The zero-order chi connectivity index (χ0) is 11.9. The highest BCUT2D eigenvalue weighted by Gasteiger charge is 2.22. The summed E-state index contributed by atoms with van der Waals surface area (Å²) in [6.45, 7) is 6.25. The summed E-state index contributed by atoms with van der Waals surface area (Å²) in [5.74, 6) is -0.171. The second-order valence-corrected chi connectivity index (χ2v) is 5.07. The SMILES string of the molecule is CC(C)(C)c1ccc2c(c1)C(=O)C=CC2=O. The van der Waals surface area contributed by atoms with Crippen LogP contribution >= 0.6 is 0 Å². The highest BCUT2D eigenvalue weighted by atomic mass is 16.1. The topological polar surface area (TPSA) is 34.1 Å². The van der Waals surface area contributed by atoms with Crippen molar-refractivity contribution in [3.8, 4) is 0 Å². The Kier molecular flexibility index (Phi) is 2.30. The van der Waals surface area contributed by atoms with Gasteiger partial charge < -0.3 is 0 Å². The summed E-state index contributed by atoms with van der Waals surface area (Å²) < 4.78 is 0. The molecule has 2 nitrogen and oxygen atoms in total. The molecule has 0 atom stereocenters. The van der Waals surface area contributed by atoms with Gasteiger partial charge in [-0.2, -0.15) is 0 Å². The third kappa shape index (κ3) is 1.71. The van der Waals surface area contributed by atoms with Crippen molar-refractivity contribution >= 4 is 11.6 Å². The molecule has 1 aromatic carbocycles. The molecule has 0 N–H and O–H groups in total. The average Bonchev–Trinajstić information content (AvgIpc) is 2.22. The molecule has 1 aliphatic carbocycles. The Labute approximate surface area is 95.0 Å². The van der Waals surface area contributed by atoms with Gasteiger partial charge in [0.15, 0.2) is 11.6 Å². The maximum atomic E-state index is 11.7. The third-order valence-electron chi connectivity index (χ3n) is 2.80. The van der Waals surface area contributed by atoms with Gasteiger partial charge in [-0.3, -0.25) is 9.59 Å². The summed E-state index contributed by atoms with van der Waals surface area (Å²) in [6, 6.07) is 5.50. The maximum absolute atomic E-state index is 11.7. The molecule has 0 aliphatic heterocycles. The summed E-state index contributed by atoms with van der Waals surface area (Å²) in [5, 5.41) is 0. The Balaban J connectivity index is 2.60. The van der Waals surface area contributed by atoms with Crippen LogP contribution in [-0.4, -0.2) is 11.6 Å². The second-order valence-electron chi connectivity index (χ2n) is 5.07. The molecule has 0 saturated heterocycles. The molecule has 0 spiro atoms. The van der Waals surface area contributed by atoms with Crippen molar-refractivity contribution in [2.45, 2.75) is 26.2 Å². The van der Waals surface area contributed by atoms with Gasteiger partial charge in [-0.15, -0.1) is 0 Å². The number of rotatable bonds is 0. The van der Waals surface area contributed by atoms with Gasteiger partial charge in [0.05, 0.1) is 0 Å². The Morgan fingerprint density at radius 2 is 1.44 bits per heavy atom. The molecule has 2 rings (SSSR count). The standard InChI is InChI=1S/C14H14O2/c1-14(2,3)9-4-5-10-11(8-9)13(16)7-6-12(10)15/h4-8H,1-3H3. The fraction of sp³-hybridized carbons (Fsp3) is 0.286. The van der Waals surface area contributed by atoms with Gasteiger partial charge in [-0.1, -0.05) is 32.9 Å². The third-order valence-corrected chi connectivity index (χ3v) is 2.80. The minimum atomic E-state index is -0.0879. The zero-order valence-corrected chi connectivity index (χ0v) is 9.70. The van der Waals surface area contributed by atoms with Crippen molar-refractivity contribution in [2.75, 3.05) is 0 Å². The molecule has 0 saturated carbocycles. The van der Waals surface area contributed by atoms with E-state index in [0.717, 1.165) is 5.56 Å². The Morgan fingerprint density at radius 1 is 0.875 bits per heavy atom. The molecule has 0 bridgehead atoms. The van der Waals surface area contributed by atoms with E-state index in [2.05, 4.69) is 20.8 Å². The van der Waals surface area contributed by atoms with Gasteiger partial charge in [0, 0.05) is 11.1 Å². The average molecular weight is 214 g/mol. The Bertz CT molecular complexity index is 502. The lowest BCUT2D eigenvalue weighted by Crippen LogP contribution is -2.16. The van der Waals surface area contributed by atoms with Gasteiger partial charge in [0.25, 0.3) is 0 Å². The van der Waals surface area contributed by atoms with Gasteiger partial charge >= 0.3 is 0 Å². The van der Waals surface area contributed by atoms with E-state index in [4.69, 9.17) is 0 Å². The molecule has 16 heavy (non-hydrogen) atoms. The van der Waals surface area contributed by atoms with E-state index >= 15 is 0 Å². The van der Waals surface area contributed by atoms with E-state index in [1.165, 1.54) is 12.2 Å². The molecule has 0 aromatic heterocycles. The van der Waals surface area contributed by atoms with E-state index in [1.807, 2.05) is 12.1 Å². The number of benzene rings is 1. The Morgan fingerprint density at radius 3 is 2.00 bits per heavy atom. The number of ketones is 2. The van der Waals surface area contributed by atoms with Crippen LogP contribution in [0.2, 0.25) is 0 Å². The first-order chi connectivity index (χ1) is 7.39. The molecule has 82 valence electrons. The van der Waals surface area contributed by atoms with Crippen LogP contribution in [0.4, 0.5) is 0 Å². The van der Waals surface area contributed by atoms with Crippen LogP contribution in [0, 0.1) is 0 Å². The van der Waals surface area contributed by atoms with E-state index in [-0.39, 0.29) is 17.0 Å². The predicted molar refractivity (Wildman–Crippen MR) is 62.9 cm³/mol. The van der Waals surface area contributed by atoms with E-state index in [0.29, 0.717) is 11.1 Å². The van der Waals surface area contributed by atoms with Gasteiger partial charge in [0.2, 0.25) is 0 Å². The molecule has 0 radical (unpaired) electrons. The first kappa shape index (κ1) is 10.8. The molecule has 0 fully saturated rings. The largest absolute Gasteiger partial charge is 0.289 e. The van der Waals surface area contributed by atoms with Crippen LogP contribution in [0.3, 0.4) is 0 Å². The lowest BCUT2D eigenvalue weighted by Gasteiger charge is -2.21. The van der Waals surface area contributed by atoms with Crippen molar-refractivity contribution in [2.24, 2.45) is 0 Å². The van der Waals surface area contributed by atoms with Crippen molar-refractivity contribution in [1.29, 1.82) is 0 Å². The lowest BCUT2D eigenvalue weighted by atomic mass is 9.83. The monoisotopic (exact) mass is 214 g/mol. The number of hydrogen-bond acceptors (Lipinski definition) is 2. The number of carbonyl (C=O) groups is 2. The highest BCUT2D eigenvalue weighted by molar-refractivity contribution is 6.22. The normalized spacial score (nSPS) is 15.2. The molecule has 1 aliphatic rings. The first-order valence-electron chi connectivity index (χ1n) is 5.31. The summed E-state index contributed by atoms with van der Waals surface area (Å²) in [5.41, 5.74) is 2.10. The van der Waals surface area contributed by atoms with E-state index < -0.39 is 0 Å². The van der Waals surface area contributed by atoms with Gasteiger partial charge in [-0.05, 0) is 29.2 Å². The van der Waals surface area contributed by atoms with Crippen molar-refractivity contribution in [3.63, 3.8) is 0 Å². The second kappa shape index (κ2) is 3.41. The van der Waals surface area contributed by atoms with Gasteiger partial charge in [-0.25, -0.2) is 0 Å². The number of carbonyl (C=O) groups excluding carboxylic acids is 2. The quantitative estimate of drug-likeness (QED) is 0.665. The first-order valence-corrected chi connectivity index (χ1v) is 5.31. The molecule has 0 amide bonds. The van der Waals surface area contributed by atoms with Crippen molar-refractivity contribution < 1.29 is 9.59 Å². The fourth-order valence-corrected chi connectivity index (χ4v) is 1.76. The highest BCUT2D eigenvalue weighted by Crippen LogP contribution is 2.26. The van der Waals surface area contributed by atoms with Crippen molar-refractivity contribution in [3.05, 3.63) is 47.0 Å². The zero-order valence-electron chi connectivity index (χ0n) is 9.70. The molecular weight excluding hydrogens is 200 g/mol. The van der Waals surface area contributed by atoms with E-state index in [1.54, 1.807) is 6.07 Å². The van der Waals surface area contributed by atoms with Crippen LogP contribution in [0.15, 0.2) is 30.4 Å². The molecule has 1 aromatic rings. The summed E-state index contributed by atoms with van der Waals surface area (Å²) in [4.78, 5) is 23.2. The predicted octanol–water partition coefficient (Wildman–Crippen LogP) is 2.92. The van der Waals surface area contributed by atoms with E-state index in [9.17, 15) is 9.59 Å². The van der Waals surface area contributed by atoms with Crippen molar-refractivity contribution in [1.82, 2.24) is 0 Å². The number of fused-ring (bicyclic) bond motifs is 1. The van der Waals surface area contributed by atoms with Crippen LogP contribution in [0.5, 0.6) is 0 Å². The molecule has 0 heterocycles. The number of hydrogen-bond donors (Lipinski definition) is 0. The van der Waals surface area contributed by atoms with Crippen LogP contribution in [0.1, 0.15) is 47.1 Å². The van der Waals surface area contributed by atoms with Crippen LogP contribution in [0.25, 0.3) is 0 Å². The fourth-order valence-electron chi connectivity index (χ4n) is 1.76. The molecular formula is C14H14O2. The van der Waals surface area contributed by atoms with Crippen LogP contribution < -0.4 is 0 Å². The summed E-state index contributed by atoms with van der Waals surface area (Å²) in [6.07, 6.45) is 2.68. The minimum absolute atomic E-state index is 0.0144. The number of allylic oxidation sites excluding steroid dienone is 2. The smallest absolute Gasteiger partial charge is 0.186 e. The maximum Gasteiger partial charge on any atom is 0.186 e. The minimum Gasteiger partial charge on any atom is -0.289 e. The molecule has 0 unspecified atom stereocenters.